The third kappa shape index (κ3) is 5.70. The van der Waals surface area contributed by atoms with Crippen molar-refractivity contribution in [3.8, 4) is 0 Å². The van der Waals surface area contributed by atoms with Crippen molar-refractivity contribution in [2.75, 3.05) is 26.4 Å². The van der Waals surface area contributed by atoms with Crippen LogP contribution in [-0.2, 0) is 33.3 Å². The van der Waals surface area contributed by atoms with Gasteiger partial charge in [-0.1, -0.05) is 25.7 Å². The van der Waals surface area contributed by atoms with Crippen molar-refractivity contribution in [3.05, 3.63) is 24.3 Å². The van der Waals surface area contributed by atoms with Gasteiger partial charge in [0.1, 0.15) is 25.9 Å². The molecule has 4 unspecified atom stereocenters. The minimum absolute atomic E-state index is 0.0195. The molecule has 1 aliphatic carbocycles. The van der Waals surface area contributed by atoms with E-state index in [0.717, 1.165) is 0 Å². The smallest absolute Gasteiger partial charge is 0.333 e. The Bertz CT molecular complexity index is 562. The van der Waals surface area contributed by atoms with Crippen molar-refractivity contribution < 1.29 is 33.3 Å². The van der Waals surface area contributed by atoms with E-state index < -0.39 is 29.7 Å². The number of ether oxygens (including phenoxy) is 4. The van der Waals surface area contributed by atoms with E-state index in [1.54, 1.807) is 0 Å². The van der Waals surface area contributed by atoms with Crippen LogP contribution in [0.2, 0.25) is 0 Å². The topological polar surface area (TPSA) is 91.4 Å². The molecule has 2 rings (SSSR count). The summed E-state index contributed by atoms with van der Waals surface area (Å²) in [6.07, 6.45) is 4.18. The highest BCUT2D eigenvalue weighted by Gasteiger charge is 2.40. The van der Waals surface area contributed by atoms with E-state index in [1.165, 1.54) is 6.92 Å². The first-order valence-corrected chi connectivity index (χ1v) is 8.34. The lowest BCUT2D eigenvalue weighted by Crippen LogP contribution is -2.38. The molecular formula is C18H24O7. The normalized spacial score (nSPS) is 27.3. The molecule has 1 aliphatic heterocycles. The molecule has 0 aromatic heterocycles. The summed E-state index contributed by atoms with van der Waals surface area (Å²) in [6, 6.07) is 0. The fourth-order valence-corrected chi connectivity index (χ4v) is 2.64. The van der Waals surface area contributed by atoms with E-state index in [0.29, 0.717) is 13.0 Å². The number of epoxide rings is 1. The van der Waals surface area contributed by atoms with Gasteiger partial charge < -0.3 is 18.9 Å². The van der Waals surface area contributed by atoms with Gasteiger partial charge in [0.05, 0.1) is 18.4 Å². The molecule has 1 fully saturated rings. The van der Waals surface area contributed by atoms with Crippen LogP contribution in [0, 0.1) is 17.8 Å². The summed E-state index contributed by atoms with van der Waals surface area (Å²) in [6.45, 7) is 7.55. The molecule has 2 aliphatic rings. The monoisotopic (exact) mass is 352 g/mol. The third-order valence-electron chi connectivity index (χ3n) is 4.13. The Balaban J connectivity index is 1.84. The molecule has 0 radical (unpaired) electrons. The molecule has 1 saturated heterocycles. The minimum Gasteiger partial charge on any atom is -0.463 e. The maximum atomic E-state index is 12.4. The average molecular weight is 352 g/mol. The first-order valence-electron chi connectivity index (χ1n) is 8.34. The van der Waals surface area contributed by atoms with Crippen molar-refractivity contribution >= 4 is 17.9 Å². The van der Waals surface area contributed by atoms with Gasteiger partial charge in [0.2, 0.25) is 0 Å². The van der Waals surface area contributed by atoms with Gasteiger partial charge in [-0.25, -0.2) is 4.79 Å². The Morgan fingerprint density at radius 2 is 1.84 bits per heavy atom. The Kier molecular flexibility index (Phi) is 6.75. The van der Waals surface area contributed by atoms with E-state index in [-0.39, 0.29) is 37.4 Å². The van der Waals surface area contributed by atoms with Gasteiger partial charge in [-0.3, -0.25) is 9.59 Å². The van der Waals surface area contributed by atoms with Gasteiger partial charge >= 0.3 is 17.9 Å². The van der Waals surface area contributed by atoms with Crippen molar-refractivity contribution in [3.63, 3.8) is 0 Å². The van der Waals surface area contributed by atoms with Gasteiger partial charge in [0, 0.05) is 5.57 Å². The van der Waals surface area contributed by atoms with Gasteiger partial charge in [0.15, 0.2) is 0 Å². The highest BCUT2D eigenvalue weighted by atomic mass is 16.6. The zero-order valence-corrected chi connectivity index (χ0v) is 14.6. The van der Waals surface area contributed by atoms with Crippen LogP contribution in [0.25, 0.3) is 0 Å². The van der Waals surface area contributed by atoms with Crippen LogP contribution in [0.15, 0.2) is 24.3 Å². The van der Waals surface area contributed by atoms with Crippen LogP contribution in [0.5, 0.6) is 0 Å². The fraction of sp³-hybridized carbons (Fsp3) is 0.611. The Morgan fingerprint density at radius 3 is 2.48 bits per heavy atom. The van der Waals surface area contributed by atoms with Crippen LogP contribution < -0.4 is 0 Å². The highest BCUT2D eigenvalue weighted by molar-refractivity contribution is 5.87. The molecule has 0 aromatic rings. The molecule has 0 spiro atoms. The molecule has 0 aromatic carbocycles. The zero-order chi connectivity index (χ0) is 18.4. The molecule has 1 heterocycles. The van der Waals surface area contributed by atoms with Crippen LogP contribution in [0.3, 0.4) is 0 Å². The summed E-state index contributed by atoms with van der Waals surface area (Å²) < 4.78 is 20.3. The summed E-state index contributed by atoms with van der Waals surface area (Å²) >= 11 is 0. The number of allylic oxidation sites excluding steroid dienone is 2. The highest BCUT2D eigenvalue weighted by Crippen LogP contribution is 2.32. The summed E-state index contributed by atoms with van der Waals surface area (Å²) in [4.78, 5) is 36.0. The van der Waals surface area contributed by atoms with E-state index in [1.807, 2.05) is 19.1 Å². The molecule has 25 heavy (non-hydrogen) atoms. The zero-order valence-electron chi connectivity index (χ0n) is 14.6. The van der Waals surface area contributed by atoms with Crippen LogP contribution in [-0.4, -0.2) is 50.4 Å². The van der Waals surface area contributed by atoms with Crippen LogP contribution in [0.1, 0.15) is 20.3 Å². The molecule has 0 saturated carbocycles. The molecule has 7 heteroatoms. The first-order chi connectivity index (χ1) is 11.9. The van der Waals surface area contributed by atoms with E-state index >= 15 is 0 Å². The van der Waals surface area contributed by atoms with Gasteiger partial charge in [-0.15, -0.1) is 0 Å². The van der Waals surface area contributed by atoms with Gasteiger partial charge in [0.25, 0.3) is 0 Å². The second-order valence-electron chi connectivity index (χ2n) is 6.32. The predicted octanol–water partition coefficient (Wildman–Crippen LogP) is 1.42. The Morgan fingerprint density at radius 1 is 1.16 bits per heavy atom. The molecule has 0 amide bonds. The first kappa shape index (κ1) is 19.2. The largest absolute Gasteiger partial charge is 0.463 e. The minimum atomic E-state index is -0.616. The molecular weight excluding hydrogens is 328 g/mol. The lowest BCUT2D eigenvalue weighted by atomic mass is 9.76. The number of rotatable bonds is 8. The molecule has 0 bridgehead atoms. The average Bonchev–Trinajstić information content (AvgIpc) is 3.40. The number of carbonyl (C=O) groups excluding carboxylic acids is 3. The SMILES string of the molecule is C=C(C)C(=O)OCCOC(=O)C1C(C)C=CCC1C(=O)OCC1CO1. The number of carbonyl (C=O) groups is 3. The number of esters is 3. The molecule has 0 N–H and O–H groups in total. The van der Waals surface area contributed by atoms with Crippen molar-refractivity contribution in [2.24, 2.45) is 17.8 Å². The van der Waals surface area contributed by atoms with Crippen LogP contribution >= 0.6 is 0 Å². The number of hydrogen-bond acceptors (Lipinski definition) is 7. The van der Waals surface area contributed by atoms with E-state index in [2.05, 4.69) is 6.58 Å². The summed E-state index contributed by atoms with van der Waals surface area (Å²) in [5.41, 5.74) is 0.278. The third-order valence-corrected chi connectivity index (χ3v) is 4.13. The van der Waals surface area contributed by atoms with Gasteiger partial charge in [-0.05, 0) is 19.3 Å². The lowest BCUT2D eigenvalue weighted by Gasteiger charge is -2.29. The summed E-state index contributed by atoms with van der Waals surface area (Å²) in [5, 5.41) is 0. The Labute approximate surface area is 146 Å². The van der Waals surface area contributed by atoms with Crippen LogP contribution in [0.4, 0.5) is 0 Å². The molecule has 7 nitrogen and oxygen atoms in total. The molecule has 138 valence electrons. The summed E-state index contributed by atoms with van der Waals surface area (Å²) in [5.74, 6) is -2.78. The fourth-order valence-electron chi connectivity index (χ4n) is 2.64. The van der Waals surface area contributed by atoms with Gasteiger partial charge in [-0.2, -0.15) is 0 Å². The van der Waals surface area contributed by atoms with E-state index in [9.17, 15) is 14.4 Å². The summed E-state index contributed by atoms with van der Waals surface area (Å²) in [7, 11) is 0. The molecule has 4 atom stereocenters. The second kappa shape index (κ2) is 8.80. The Hall–Kier alpha value is -2.15. The standard InChI is InChI=1S/C18H24O7/c1-11(2)16(19)22-7-8-23-18(21)15-12(3)5-4-6-14(15)17(20)25-10-13-9-24-13/h4-5,12-15H,1,6-10H2,2-3H3. The lowest BCUT2D eigenvalue weighted by molar-refractivity contribution is -0.164. The predicted molar refractivity (Wildman–Crippen MR) is 87.3 cm³/mol. The second-order valence-corrected chi connectivity index (χ2v) is 6.32. The maximum Gasteiger partial charge on any atom is 0.333 e. The maximum absolute atomic E-state index is 12.4. The van der Waals surface area contributed by atoms with Crippen molar-refractivity contribution in [1.82, 2.24) is 0 Å². The quantitative estimate of drug-likeness (QED) is 0.163. The van der Waals surface area contributed by atoms with E-state index in [4.69, 9.17) is 18.9 Å². The van der Waals surface area contributed by atoms with Crippen molar-refractivity contribution in [2.45, 2.75) is 26.4 Å². The number of hydrogen-bond donors (Lipinski definition) is 0. The van der Waals surface area contributed by atoms with Crippen molar-refractivity contribution in [1.29, 1.82) is 0 Å².